The molecule has 2 fully saturated rings. The summed E-state index contributed by atoms with van der Waals surface area (Å²) in [5.41, 5.74) is 3.07. The molecule has 0 aliphatic carbocycles. The summed E-state index contributed by atoms with van der Waals surface area (Å²) < 4.78 is 0. The van der Waals surface area contributed by atoms with Crippen LogP contribution in [0.1, 0.15) is 48.8 Å². The van der Waals surface area contributed by atoms with Gasteiger partial charge in [-0.1, -0.05) is 30.9 Å². The fraction of sp³-hybridized carbons (Fsp3) is 0.440. The van der Waals surface area contributed by atoms with E-state index >= 15 is 0 Å². The minimum absolute atomic E-state index is 0.124. The lowest BCUT2D eigenvalue weighted by molar-refractivity contribution is -0.136. The summed E-state index contributed by atoms with van der Waals surface area (Å²) >= 11 is 0. The number of carbonyl (C=O) groups is 1. The number of fused-ring (bicyclic) bond motifs is 1. The molecule has 5 heteroatoms. The summed E-state index contributed by atoms with van der Waals surface area (Å²) in [5, 5.41) is 10.1. The molecule has 1 amide bonds. The number of aliphatic hydroxyl groups is 1. The van der Waals surface area contributed by atoms with Crippen LogP contribution in [0.15, 0.2) is 48.8 Å². The number of benzene rings is 1. The third kappa shape index (κ3) is 4.26. The van der Waals surface area contributed by atoms with Crippen LogP contribution in [0.2, 0.25) is 0 Å². The zero-order valence-corrected chi connectivity index (χ0v) is 17.5. The van der Waals surface area contributed by atoms with Crippen LogP contribution in [0.4, 0.5) is 0 Å². The predicted molar refractivity (Wildman–Crippen MR) is 117 cm³/mol. The monoisotopic (exact) mass is 403 g/mol. The fourth-order valence-electron chi connectivity index (χ4n) is 4.76. The summed E-state index contributed by atoms with van der Waals surface area (Å²) in [6.45, 7) is 4.66. The van der Waals surface area contributed by atoms with Crippen LogP contribution in [0, 0.1) is 11.8 Å². The average Bonchev–Trinajstić information content (AvgIpc) is 2.77. The summed E-state index contributed by atoms with van der Waals surface area (Å²) in [5.74, 6) is 6.79. The van der Waals surface area contributed by atoms with Crippen molar-refractivity contribution in [3.05, 3.63) is 65.5 Å². The van der Waals surface area contributed by atoms with E-state index in [0.717, 1.165) is 43.6 Å². The van der Waals surface area contributed by atoms with Crippen LogP contribution in [0.25, 0.3) is 0 Å². The highest BCUT2D eigenvalue weighted by Crippen LogP contribution is 2.42. The van der Waals surface area contributed by atoms with Gasteiger partial charge in [0.1, 0.15) is 0 Å². The van der Waals surface area contributed by atoms with Gasteiger partial charge in [-0.3, -0.25) is 14.7 Å². The first-order valence-corrected chi connectivity index (χ1v) is 10.9. The van der Waals surface area contributed by atoms with Gasteiger partial charge in [-0.25, -0.2) is 0 Å². The minimum Gasteiger partial charge on any atom is -0.395 e. The van der Waals surface area contributed by atoms with E-state index in [1.807, 2.05) is 36.1 Å². The number of carbonyl (C=O) groups excluding carboxylic acids is 1. The normalized spacial score (nSPS) is 23.9. The molecule has 2 aliphatic heterocycles. The SMILES string of the molecule is CCC(=O)N1CCCCN2[C@H](CO)[C@@H](c3ccc(C#Cc4cccnc4)cc3)[C@@H]2C1. The first-order valence-electron chi connectivity index (χ1n) is 10.9. The molecule has 0 bridgehead atoms. The molecule has 2 aromatic rings. The molecular formula is C25H29N3O2. The van der Waals surface area contributed by atoms with Gasteiger partial charge in [0.2, 0.25) is 5.91 Å². The van der Waals surface area contributed by atoms with Crippen molar-refractivity contribution in [1.82, 2.24) is 14.8 Å². The third-order valence-electron chi connectivity index (χ3n) is 6.33. The van der Waals surface area contributed by atoms with Crippen LogP contribution in [-0.4, -0.2) is 64.1 Å². The van der Waals surface area contributed by atoms with Gasteiger partial charge in [-0.2, -0.15) is 0 Å². The number of hydrogen-bond acceptors (Lipinski definition) is 4. The maximum Gasteiger partial charge on any atom is 0.222 e. The molecule has 0 saturated carbocycles. The van der Waals surface area contributed by atoms with E-state index in [0.29, 0.717) is 6.42 Å². The number of rotatable bonds is 3. The minimum atomic E-state index is 0.124. The second kappa shape index (κ2) is 9.42. The van der Waals surface area contributed by atoms with Gasteiger partial charge in [0, 0.05) is 61.0 Å². The lowest BCUT2D eigenvalue weighted by Gasteiger charge is -2.57. The predicted octanol–water partition coefficient (Wildman–Crippen LogP) is 2.64. The molecule has 0 unspecified atom stereocenters. The van der Waals surface area contributed by atoms with Gasteiger partial charge < -0.3 is 10.0 Å². The Labute approximate surface area is 178 Å². The molecule has 30 heavy (non-hydrogen) atoms. The van der Waals surface area contributed by atoms with Crippen molar-refractivity contribution >= 4 is 5.91 Å². The molecule has 1 aromatic carbocycles. The number of amides is 1. The average molecular weight is 404 g/mol. The molecule has 3 heterocycles. The fourth-order valence-corrected chi connectivity index (χ4v) is 4.76. The van der Waals surface area contributed by atoms with Gasteiger partial charge >= 0.3 is 0 Å². The second-order valence-electron chi connectivity index (χ2n) is 8.10. The molecule has 5 nitrogen and oxygen atoms in total. The molecule has 2 saturated heterocycles. The van der Waals surface area contributed by atoms with Gasteiger partial charge in [-0.15, -0.1) is 0 Å². The Kier molecular flexibility index (Phi) is 6.47. The van der Waals surface area contributed by atoms with E-state index in [-0.39, 0.29) is 30.5 Å². The van der Waals surface area contributed by atoms with Crippen LogP contribution < -0.4 is 0 Å². The standard InChI is InChI=1S/C25H29N3O2/c1-2-24(30)27-14-3-4-15-28-22(17-27)25(23(28)18-29)21-11-9-19(10-12-21)7-8-20-6-5-13-26-16-20/h5-6,9-13,16,22-23,25,29H,2-4,14-15,17-18H2,1H3/t22-,23+,25-/m0/s1. The molecule has 0 spiro atoms. The van der Waals surface area contributed by atoms with E-state index in [1.165, 1.54) is 5.56 Å². The quantitative estimate of drug-likeness (QED) is 0.801. The molecule has 1 N–H and O–H groups in total. The van der Waals surface area contributed by atoms with Crippen molar-refractivity contribution in [2.75, 3.05) is 26.2 Å². The Morgan fingerprint density at radius 3 is 2.60 bits per heavy atom. The molecule has 2 aliphatic rings. The molecule has 1 aromatic heterocycles. The van der Waals surface area contributed by atoms with Crippen molar-refractivity contribution in [1.29, 1.82) is 0 Å². The van der Waals surface area contributed by atoms with Crippen LogP contribution in [0.3, 0.4) is 0 Å². The number of aliphatic hydroxyl groups excluding tert-OH is 1. The van der Waals surface area contributed by atoms with E-state index in [1.54, 1.807) is 12.4 Å². The Balaban J connectivity index is 1.53. The number of pyridine rings is 1. The molecule has 4 rings (SSSR count). The smallest absolute Gasteiger partial charge is 0.222 e. The second-order valence-corrected chi connectivity index (χ2v) is 8.10. The first kappa shape index (κ1) is 20.6. The summed E-state index contributed by atoms with van der Waals surface area (Å²) in [4.78, 5) is 20.9. The maximum atomic E-state index is 12.4. The van der Waals surface area contributed by atoms with Crippen LogP contribution in [0.5, 0.6) is 0 Å². The van der Waals surface area contributed by atoms with Crippen molar-refractivity contribution in [3.63, 3.8) is 0 Å². The Morgan fingerprint density at radius 1 is 1.13 bits per heavy atom. The van der Waals surface area contributed by atoms with Crippen molar-refractivity contribution in [2.45, 2.75) is 44.2 Å². The number of hydrogen-bond donors (Lipinski definition) is 1. The lowest BCUT2D eigenvalue weighted by Crippen LogP contribution is -2.67. The van der Waals surface area contributed by atoms with Crippen LogP contribution in [-0.2, 0) is 4.79 Å². The molecule has 0 radical (unpaired) electrons. The topological polar surface area (TPSA) is 56.7 Å². The number of aromatic nitrogens is 1. The number of nitrogens with zero attached hydrogens (tertiary/aromatic N) is 3. The van der Waals surface area contributed by atoms with E-state index < -0.39 is 0 Å². The molecular weight excluding hydrogens is 374 g/mol. The molecule has 156 valence electrons. The largest absolute Gasteiger partial charge is 0.395 e. The van der Waals surface area contributed by atoms with Crippen LogP contribution >= 0.6 is 0 Å². The summed E-state index contributed by atoms with van der Waals surface area (Å²) in [6.07, 6.45) is 6.14. The third-order valence-corrected chi connectivity index (χ3v) is 6.33. The van der Waals surface area contributed by atoms with E-state index in [9.17, 15) is 9.90 Å². The highest BCUT2D eigenvalue weighted by Gasteiger charge is 2.49. The van der Waals surface area contributed by atoms with E-state index in [2.05, 4.69) is 33.9 Å². The van der Waals surface area contributed by atoms with Gasteiger partial charge in [0.15, 0.2) is 0 Å². The highest BCUT2D eigenvalue weighted by molar-refractivity contribution is 5.75. The summed E-state index contributed by atoms with van der Waals surface area (Å²) in [7, 11) is 0. The maximum absolute atomic E-state index is 12.4. The van der Waals surface area contributed by atoms with E-state index in [4.69, 9.17) is 0 Å². The zero-order valence-electron chi connectivity index (χ0n) is 17.5. The van der Waals surface area contributed by atoms with Gasteiger partial charge in [-0.05, 0) is 49.2 Å². The highest BCUT2D eigenvalue weighted by atomic mass is 16.3. The Hall–Kier alpha value is -2.68. The van der Waals surface area contributed by atoms with Crippen molar-refractivity contribution in [2.24, 2.45) is 0 Å². The first-order chi connectivity index (χ1) is 14.7. The van der Waals surface area contributed by atoms with Crippen molar-refractivity contribution < 1.29 is 9.90 Å². The zero-order chi connectivity index (χ0) is 20.9. The van der Waals surface area contributed by atoms with Gasteiger partial charge in [0.05, 0.1) is 6.61 Å². The Morgan fingerprint density at radius 2 is 1.90 bits per heavy atom. The lowest BCUT2D eigenvalue weighted by atomic mass is 9.74. The van der Waals surface area contributed by atoms with Crippen molar-refractivity contribution in [3.8, 4) is 11.8 Å². The Bertz CT molecular complexity index is 917. The summed E-state index contributed by atoms with van der Waals surface area (Å²) in [6, 6.07) is 12.6. The van der Waals surface area contributed by atoms with Gasteiger partial charge in [0.25, 0.3) is 0 Å². The molecule has 3 atom stereocenters.